The van der Waals surface area contributed by atoms with Crippen molar-refractivity contribution in [3.05, 3.63) is 45.4 Å². The molecule has 1 saturated heterocycles. The molecule has 2 aliphatic rings. The van der Waals surface area contributed by atoms with Crippen molar-refractivity contribution in [3.8, 4) is 5.75 Å². The molecule has 0 saturated carbocycles. The molecule has 154 valence electrons. The lowest BCUT2D eigenvalue weighted by Gasteiger charge is -2.25. The van der Waals surface area contributed by atoms with Gasteiger partial charge in [0.15, 0.2) is 5.01 Å². The summed E-state index contributed by atoms with van der Waals surface area (Å²) in [4.78, 5) is 34.9. The number of rotatable bonds is 4. The van der Waals surface area contributed by atoms with Crippen LogP contribution in [-0.2, 0) is 28.8 Å². The van der Waals surface area contributed by atoms with Gasteiger partial charge in [-0.05, 0) is 17.7 Å². The first kappa shape index (κ1) is 19.8. The number of hydrogen-bond acceptors (Lipinski definition) is 6. The third-order valence-electron chi connectivity index (χ3n) is 5.33. The monoisotopic (exact) mass is 415 g/mol. The predicted molar refractivity (Wildman–Crippen MR) is 110 cm³/mol. The highest BCUT2D eigenvalue weighted by Crippen LogP contribution is 2.25. The summed E-state index contributed by atoms with van der Waals surface area (Å²) in [6.45, 7) is 3.70. The van der Waals surface area contributed by atoms with Crippen molar-refractivity contribution in [2.24, 2.45) is 0 Å². The molecular formula is C21H25N3O4S. The van der Waals surface area contributed by atoms with Gasteiger partial charge in [-0.2, -0.15) is 0 Å². The Morgan fingerprint density at radius 3 is 2.72 bits per heavy atom. The molecule has 0 atom stereocenters. The Hall–Kier alpha value is -2.45. The molecule has 0 aliphatic carbocycles. The number of benzene rings is 1. The minimum absolute atomic E-state index is 0.00247. The van der Waals surface area contributed by atoms with E-state index < -0.39 is 0 Å². The van der Waals surface area contributed by atoms with Crippen LogP contribution in [0.25, 0.3) is 0 Å². The Morgan fingerprint density at radius 1 is 1.14 bits per heavy atom. The van der Waals surface area contributed by atoms with Crippen LogP contribution in [0.2, 0.25) is 0 Å². The predicted octanol–water partition coefficient (Wildman–Crippen LogP) is 1.79. The highest BCUT2D eigenvalue weighted by molar-refractivity contribution is 7.13. The van der Waals surface area contributed by atoms with Gasteiger partial charge in [-0.25, -0.2) is 4.98 Å². The van der Waals surface area contributed by atoms with Gasteiger partial charge in [-0.15, -0.1) is 11.3 Å². The van der Waals surface area contributed by atoms with E-state index >= 15 is 0 Å². The highest BCUT2D eigenvalue weighted by Gasteiger charge is 2.26. The van der Waals surface area contributed by atoms with E-state index in [4.69, 9.17) is 9.47 Å². The summed E-state index contributed by atoms with van der Waals surface area (Å²) >= 11 is 1.48. The van der Waals surface area contributed by atoms with Gasteiger partial charge in [-0.3, -0.25) is 9.59 Å². The van der Waals surface area contributed by atoms with Crippen LogP contribution in [0.1, 0.15) is 25.9 Å². The van der Waals surface area contributed by atoms with Crippen molar-refractivity contribution >= 4 is 23.2 Å². The van der Waals surface area contributed by atoms with Gasteiger partial charge in [0.2, 0.25) is 5.91 Å². The molecule has 2 amide bonds. The number of amides is 2. The maximum absolute atomic E-state index is 12.8. The van der Waals surface area contributed by atoms with Crippen LogP contribution in [-0.4, -0.2) is 73.1 Å². The van der Waals surface area contributed by atoms with Crippen molar-refractivity contribution < 1.29 is 19.1 Å². The van der Waals surface area contributed by atoms with Crippen LogP contribution in [0.15, 0.2) is 24.3 Å². The molecule has 1 aromatic carbocycles. The number of ether oxygens (including phenoxy) is 2. The smallest absolute Gasteiger partial charge is 0.283 e. The summed E-state index contributed by atoms with van der Waals surface area (Å²) in [7, 11) is 1.62. The van der Waals surface area contributed by atoms with Gasteiger partial charge in [-0.1, -0.05) is 12.1 Å². The standard InChI is InChI=1S/C21H25N3O4S/c1-27-16-4-2-3-15(13-16)14-19(25)23-7-5-17-18(6-8-23)29-20(22-17)21(26)24-9-11-28-12-10-24/h2-4,13H,5-12,14H2,1H3. The quantitative estimate of drug-likeness (QED) is 0.761. The molecule has 8 heteroatoms. The second kappa shape index (κ2) is 8.92. The van der Waals surface area contributed by atoms with Crippen molar-refractivity contribution in [1.29, 1.82) is 0 Å². The zero-order valence-corrected chi connectivity index (χ0v) is 17.4. The highest BCUT2D eigenvalue weighted by atomic mass is 32.1. The molecule has 0 bridgehead atoms. The Balaban J connectivity index is 1.37. The lowest BCUT2D eigenvalue weighted by Crippen LogP contribution is -2.40. The van der Waals surface area contributed by atoms with Crippen LogP contribution in [0, 0.1) is 0 Å². The summed E-state index contributed by atoms with van der Waals surface area (Å²) < 4.78 is 10.6. The molecule has 0 N–H and O–H groups in total. The molecule has 2 aliphatic heterocycles. The van der Waals surface area contributed by atoms with Crippen molar-refractivity contribution in [2.75, 3.05) is 46.5 Å². The van der Waals surface area contributed by atoms with Crippen LogP contribution < -0.4 is 4.74 Å². The summed E-state index contributed by atoms with van der Waals surface area (Å²) in [6.07, 6.45) is 1.79. The molecule has 0 radical (unpaired) electrons. The molecule has 29 heavy (non-hydrogen) atoms. The maximum Gasteiger partial charge on any atom is 0.283 e. The van der Waals surface area contributed by atoms with Gasteiger partial charge in [0.25, 0.3) is 5.91 Å². The number of nitrogens with zero attached hydrogens (tertiary/aromatic N) is 3. The molecule has 7 nitrogen and oxygen atoms in total. The second-order valence-electron chi connectivity index (χ2n) is 7.20. The van der Waals surface area contributed by atoms with Crippen LogP contribution >= 0.6 is 11.3 Å². The summed E-state index contributed by atoms with van der Waals surface area (Å²) in [5.74, 6) is 0.866. The first-order valence-corrected chi connectivity index (χ1v) is 10.7. The van der Waals surface area contributed by atoms with Crippen LogP contribution in [0.5, 0.6) is 5.75 Å². The number of methoxy groups -OCH3 is 1. The number of carbonyl (C=O) groups excluding carboxylic acids is 2. The molecular weight excluding hydrogens is 390 g/mol. The zero-order chi connectivity index (χ0) is 20.2. The average molecular weight is 416 g/mol. The van der Waals surface area contributed by atoms with E-state index in [0.717, 1.165) is 28.3 Å². The number of fused-ring (bicyclic) bond motifs is 1. The number of carbonyl (C=O) groups is 2. The zero-order valence-electron chi connectivity index (χ0n) is 16.6. The van der Waals surface area contributed by atoms with E-state index in [1.165, 1.54) is 11.3 Å². The maximum atomic E-state index is 12.8. The Labute approximate surface area is 174 Å². The third-order valence-corrected chi connectivity index (χ3v) is 6.47. The molecule has 4 rings (SSSR count). The summed E-state index contributed by atoms with van der Waals surface area (Å²) in [5.41, 5.74) is 1.91. The average Bonchev–Trinajstić information content (AvgIpc) is 3.06. The normalized spacial score (nSPS) is 16.9. The third kappa shape index (κ3) is 4.59. The van der Waals surface area contributed by atoms with E-state index in [-0.39, 0.29) is 11.8 Å². The fourth-order valence-corrected chi connectivity index (χ4v) is 4.74. The molecule has 1 aromatic heterocycles. The Kier molecular flexibility index (Phi) is 6.10. The summed E-state index contributed by atoms with van der Waals surface area (Å²) in [5, 5.41) is 0.563. The number of thiazole rings is 1. The molecule has 3 heterocycles. The lowest BCUT2D eigenvalue weighted by atomic mass is 10.1. The topological polar surface area (TPSA) is 72.0 Å². The Bertz CT molecular complexity index is 866. The minimum atomic E-state index is -0.00247. The molecule has 0 spiro atoms. The van der Waals surface area contributed by atoms with Gasteiger partial charge in [0, 0.05) is 43.9 Å². The fraction of sp³-hybridized carbons (Fsp3) is 0.476. The minimum Gasteiger partial charge on any atom is -0.497 e. The van der Waals surface area contributed by atoms with Crippen LogP contribution in [0.3, 0.4) is 0 Å². The first-order chi connectivity index (χ1) is 14.1. The SMILES string of the molecule is COc1cccc(CC(=O)N2CCc3nc(C(=O)N4CCOCC4)sc3CC2)c1. The van der Waals surface area contributed by atoms with Crippen molar-refractivity contribution in [1.82, 2.24) is 14.8 Å². The number of hydrogen-bond donors (Lipinski definition) is 0. The molecule has 2 aromatic rings. The van der Waals surface area contributed by atoms with E-state index in [2.05, 4.69) is 4.98 Å². The lowest BCUT2D eigenvalue weighted by molar-refractivity contribution is -0.130. The number of aromatic nitrogens is 1. The van der Waals surface area contributed by atoms with E-state index in [1.54, 1.807) is 7.11 Å². The summed E-state index contributed by atoms with van der Waals surface area (Å²) in [6, 6.07) is 7.62. The largest absolute Gasteiger partial charge is 0.497 e. The van der Waals surface area contributed by atoms with Gasteiger partial charge in [0.1, 0.15) is 5.75 Å². The Morgan fingerprint density at radius 2 is 1.93 bits per heavy atom. The number of morpholine rings is 1. The second-order valence-corrected chi connectivity index (χ2v) is 8.29. The first-order valence-electron chi connectivity index (χ1n) is 9.90. The van der Waals surface area contributed by atoms with E-state index in [1.807, 2.05) is 34.1 Å². The van der Waals surface area contributed by atoms with Crippen LogP contribution in [0.4, 0.5) is 0 Å². The van der Waals surface area contributed by atoms with E-state index in [0.29, 0.717) is 57.2 Å². The van der Waals surface area contributed by atoms with Crippen molar-refractivity contribution in [3.63, 3.8) is 0 Å². The molecule has 0 unspecified atom stereocenters. The van der Waals surface area contributed by atoms with Gasteiger partial charge >= 0.3 is 0 Å². The van der Waals surface area contributed by atoms with E-state index in [9.17, 15) is 9.59 Å². The van der Waals surface area contributed by atoms with Gasteiger partial charge in [0.05, 0.1) is 32.4 Å². The van der Waals surface area contributed by atoms with Gasteiger partial charge < -0.3 is 19.3 Å². The fourth-order valence-electron chi connectivity index (χ4n) is 3.67. The molecule has 1 fully saturated rings. The van der Waals surface area contributed by atoms with Crippen molar-refractivity contribution in [2.45, 2.75) is 19.3 Å².